The van der Waals surface area contributed by atoms with Crippen molar-refractivity contribution in [1.82, 2.24) is 14.7 Å². The van der Waals surface area contributed by atoms with Crippen molar-refractivity contribution < 1.29 is 9.15 Å². The number of aromatic nitrogens is 2. The van der Waals surface area contributed by atoms with Crippen molar-refractivity contribution in [2.24, 2.45) is 0 Å². The van der Waals surface area contributed by atoms with Crippen molar-refractivity contribution in [2.75, 3.05) is 19.7 Å². The topological polar surface area (TPSA) is 43.4 Å². The molecule has 0 radical (unpaired) electrons. The number of hydrogen-bond acceptors (Lipinski definition) is 4. The van der Waals surface area contributed by atoms with E-state index in [9.17, 15) is 0 Å². The van der Waals surface area contributed by atoms with Crippen LogP contribution in [0.15, 0.2) is 16.5 Å². The van der Waals surface area contributed by atoms with Crippen LogP contribution in [0.3, 0.4) is 0 Å². The lowest BCUT2D eigenvalue weighted by atomic mass is 10.1. The number of nitrogens with zero attached hydrogens (tertiary/aromatic N) is 3. The molecule has 0 spiro atoms. The first kappa shape index (κ1) is 16.3. The highest BCUT2D eigenvalue weighted by molar-refractivity contribution is 5.24. The number of aryl methyl sites for hydroxylation is 3. The summed E-state index contributed by atoms with van der Waals surface area (Å²) in [7, 11) is 0. The molecule has 0 N–H and O–H groups in total. The monoisotopic (exact) mass is 317 g/mol. The van der Waals surface area contributed by atoms with Gasteiger partial charge in [0.05, 0.1) is 12.3 Å². The third kappa shape index (κ3) is 3.51. The molecule has 126 valence electrons. The first-order chi connectivity index (χ1) is 11.1. The Balaban J connectivity index is 1.70. The minimum atomic E-state index is 0.0312. The van der Waals surface area contributed by atoms with Crippen LogP contribution < -0.4 is 0 Å². The summed E-state index contributed by atoms with van der Waals surface area (Å²) in [6.07, 6.45) is 1.14. The maximum absolute atomic E-state index is 5.89. The molecule has 0 aliphatic carbocycles. The van der Waals surface area contributed by atoms with Crippen LogP contribution in [0.25, 0.3) is 0 Å². The summed E-state index contributed by atoms with van der Waals surface area (Å²) >= 11 is 0. The van der Waals surface area contributed by atoms with E-state index in [0.29, 0.717) is 0 Å². The summed E-state index contributed by atoms with van der Waals surface area (Å²) in [5.74, 6) is 1.87. The largest absolute Gasteiger partial charge is 0.464 e. The van der Waals surface area contributed by atoms with Crippen LogP contribution in [0, 0.1) is 20.8 Å². The quantitative estimate of drug-likeness (QED) is 0.848. The van der Waals surface area contributed by atoms with E-state index in [1.807, 2.05) is 19.1 Å². The highest BCUT2D eigenvalue weighted by atomic mass is 16.5. The van der Waals surface area contributed by atoms with Crippen molar-refractivity contribution >= 4 is 0 Å². The van der Waals surface area contributed by atoms with Crippen molar-refractivity contribution in [3.8, 4) is 0 Å². The van der Waals surface area contributed by atoms with Crippen LogP contribution in [0.4, 0.5) is 0 Å². The molecule has 5 heteroatoms. The Morgan fingerprint density at radius 3 is 2.78 bits per heavy atom. The van der Waals surface area contributed by atoms with E-state index in [1.165, 1.54) is 11.3 Å². The fourth-order valence-electron chi connectivity index (χ4n) is 3.26. The van der Waals surface area contributed by atoms with Gasteiger partial charge in [-0.2, -0.15) is 5.10 Å². The van der Waals surface area contributed by atoms with Crippen molar-refractivity contribution in [3.63, 3.8) is 0 Å². The molecule has 0 amide bonds. The van der Waals surface area contributed by atoms with Gasteiger partial charge in [0.15, 0.2) is 0 Å². The average Bonchev–Trinajstić information content (AvgIpc) is 3.07. The molecule has 0 aromatic carbocycles. The maximum atomic E-state index is 5.89. The lowest BCUT2D eigenvalue weighted by molar-refractivity contribution is -0.0431. The van der Waals surface area contributed by atoms with Gasteiger partial charge in [0.25, 0.3) is 0 Å². The maximum Gasteiger partial charge on any atom is 0.134 e. The Kier molecular flexibility index (Phi) is 4.87. The van der Waals surface area contributed by atoms with Gasteiger partial charge in [-0.05, 0) is 39.3 Å². The standard InChI is InChI=1S/C18H27N3O2/c1-5-8-21-15(4)16(14(3)19-21)11-20-9-10-22-18(12-20)17-7-6-13(2)23-17/h6-7,18H,5,8-12H2,1-4H3/t18-/m1/s1. The molecule has 1 aliphatic rings. The summed E-state index contributed by atoms with van der Waals surface area (Å²) in [5, 5.41) is 4.69. The van der Waals surface area contributed by atoms with Crippen LogP contribution in [0.2, 0.25) is 0 Å². The second kappa shape index (κ2) is 6.89. The summed E-state index contributed by atoms with van der Waals surface area (Å²) in [6.45, 7) is 12.9. The lowest BCUT2D eigenvalue weighted by Crippen LogP contribution is -2.37. The Morgan fingerprint density at radius 2 is 2.09 bits per heavy atom. The van der Waals surface area contributed by atoms with Gasteiger partial charge in [0, 0.05) is 37.4 Å². The average molecular weight is 317 g/mol. The molecule has 3 rings (SSSR count). The van der Waals surface area contributed by atoms with Crippen LogP contribution >= 0.6 is 0 Å². The Labute approximate surface area is 138 Å². The van der Waals surface area contributed by atoms with Crippen LogP contribution in [0.1, 0.15) is 47.9 Å². The normalized spacial score (nSPS) is 19.4. The molecule has 0 saturated carbocycles. The SMILES string of the molecule is CCCn1nc(C)c(CN2CCO[C@@H](c3ccc(C)o3)C2)c1C. The number of furan rings is 1. The summed E-state index contributed by atoms with van der Waals surface area (Å²) in [4.78, 5) is 2.44. The molecule has 2 aromatic heterocycles. The molecule has 23 heavy (non-hydrogen) atoms. The predicted molar refractivity (Wildman–Crippen MR) is 89.4 cm³/mol. The molecule has 3 heterocycles. The molecular weight excluding hydrogens is 290 g/mol. The lowest BCUT2D eigenvalue weighted by Gasteiger charge is -2.32. The first-order valence-electron chi connectivity index (χ1n) is 8.51. The van der Waals surface area contributed by atoms with E-state index in [1.54, 1.807) is 0 Å². The van der Waals surface area contributed by atoms with Gasteiger partial charge in [0.1, 0.15) is 17.6 Å². The minimum absolute atomic E-state index is 0.0312. The van der Waals surface area contributed by atoms with Gasteiger partial charge in [-0.3, -0.25) is 9.58 Å². The molecule has 0 unspecified atom stereocenters. The van der Waals surface area contributed by atoms with E-state index in [0.717, 1.165) is 56.4 Å². The highest BCUT2D eigenvalue weighted by Gasteiger charge is 2.25. The predicted octanol–water partition coefficient (Wildman–Crippen LogP) is 3.38. The van der Waals surface area contributed by atoms with Gasteiger partial charge in [-0.25, -0.2) is 0 Å². The molecule has 5 nitrogen and oxygen atoms in total. The molecule has 1 aliphatic heterocycles. The summed E-state index contributed by atoms with van der Waals surface area (Å²) < 4.78 is 13.8. The zero-order valence-corrected chi connectivity index (χ0v) is 14.6. The van der Waals surface area contributed by atoms with Crippen molar-refractivity contribution in [3.05, 3.63) is 40.6 Å². The second-order valence-corrected chi connectivity index (χ2v) is 6.42. The minimum Gasteiger partial charge on any atom is -0.464 e. The fourth-order valence-corrected chi connectivity index (χ4v) is 3.26. The second-order valence-electron chi connectivity index (χ2n) is 6.42. The molecule has 0 bridgehead atoms. The Morgan fingerprint density at radius 1 is 1.26 bits per heavy atom. The third-order valence-electron chi connectivity index (χ3n) is 4.58. The van der Waals surface area contributed by atoms with E-state index in [4.69, 9.17) is 9.15 Å². The molecule has 1 fully saturated rings. The molecule has 1 atom stereocenters. The summed E-state index contributed by atoms with van der Waals surface area (Å²) in [5.41, 5.74) is 3.80. The molecular formula is C18H27N3O2. The first-order valence-corrected chi connectivity index (χ1v) is 8.51. The third-order valence-corrected chi connectivity index (χ3v) is 4.58. The van der Waals surface area contributed by atoms with E-state index in [2.05, 4.69) is 35.5 Å². The fraction of sp³-hybridized carbons (Fsp3) is 0.611. The smallest absolute Gasteiger partial charge is 0.134 e. The highest BCUT2D eigenvalue weighted by Crippen LogP contribution is 2.26. The Bertz CT molecular complexity index is 659. The van der Waals surface area contributed by atoms with E-state index in [-0.39, 0.29) is 6.10 Å². The van der Waals surface area contributed by atoms with Crippen LogP contribution in [-0.4, -0.2) is 34.4 Å². The van der Waals surface area contributed by atoms with Gasteiger partial charge >= 0.3 is 0 Å². The van der Waals surface area contributed by atoms with Crippen molar-refractivity contribution in [1.29, 1.82) is 0 Å². The number of rotatable bonds is 5. The van der Waals surface area contributed by atoms with Gasteiger partial charge in [0.2, 0.25) is 0 Å². The Hall–Kier alpha value is -1.59. The summed E-state index contributed by atoms with van der Waals surface area (Å²) in [6, 6.07) is 4.03. The number of ether oxygens (including phenoxy) is 1. The van der Waals surface area contributed by atoms with E-state index < -0.39 is 0 Å². The van der Waals surface area contributed by atoms with Gasteiger partial charge < -0.3 is 9.15 Å². The van der Waals surface area contributed by atoms with Crippen LogP contribution in [0.5, 0.6) is 0 Å². The molecule has 2 aromatic rings. The zero-order chi connectivity index (χ0) is 16.4. The van der Waals surface area contributed by atoms with Crippen LogP contribution in [-0.2, 0) is 17.8 Å². The van der Waals surface area contributed by atoms with Gasteiger partial charge in [-0.1, -0.05) is 6.92 Å². The number of morpholine rings is 1. The van der Waals surface area contributed by atoms with Gasteiger partial charge in [-0.15, -0.1) is 0 Å². The molecule has 1 saturated heterocycles. The van der Waals surface area contributed by atoms with E-state index >= 15 is 0 Å². The number of hydrogen-bond donors (Lipinski definition) is 0. The zero-order valence-electron chi connectivity index (χ0n) is 14.6. The van der Waals surface area contributed by atoms with Crippen molar-refractivity contribution in [2.45, 2.75) is 53.3 Å².